The van der Waals surface area contributed by atoms with Crippen LogP contribution in [0.1, 0.15) is 47.5 Å². The average Bonchev–Trinajstić information content (AvgIpc) is 2.14. The van der Waals surface area contributed by atoms with E-state index in [0.717, 1.165) is 0 Å². The molecule has 18 heavy (non-hydrogen) atoms. The number of hydrogen-bond donors (Lipinski definition) is 1. The van der Waals surface area contributed by atoms with Crippen molar-refractivity contribution < 1.29 is 13.9 Å². The summed E-state index contributed by atoms with van der Waals surface area (Å²) in [5.74, 6) is 0. The molecule has 0 aromatic rings. The van der Waals surface area contributed by atoms with E-state index in [2.05, 4.69) is 0 Å². The van der Waals surface area contributed by atoms with Crippen LogP contribution >= 0.6 is 0 Å². The molecule has 1 heterocycles. The van der Waals surface area contributed by atoms with Gasteiger partial charge in [-0.3, -0.25) is 0 Å². The van der Waals surface area contributed by atoms with Crippen LogP contribution in [0.4, 0.5) is 9.18 Å². The molecule has 0 aromatic heterocycles. The summed E-state index contributed by atoms with van der Waals surface area (Å²) >= 11 is 0. The van der Waals surface area contributed by atoms with Gasteiger partial charge in [0.2, 0.25) is 0 Å². The predicted octanol–water partition coefficient (Wildman–Crippen LogP) is 2.46. The minimum absolute atomic E-state index is 0.260. The molecule has 1 amide bonds. The maximum atomic E-state index is 14.6. The van der Waals surface area contributed by atoms with Crippen LogP contribution < -0.4 is 5.73 Å². The molecule has 1 aliphatic heterocycles. The molecule has 5 heteroatoms. The number of piperidine rings is 1. The minimum Gasteiger partial charge on any atom is -0.444 e. The van der Waals surface area contributed by atoms with Crippen LogP contribution in [-0.4, -0.2) is 40.9 Å². The van der Waals surface area contributed by atoms with Gasteiger partial charge in [0.1, 0.15) is 11.3 Å². The zero-order valence-electron chi connectivity index (χ0n) is 12.0. The summed E-state index contributed by atoms with van der Waals surface area (Å²) in [6, 6.07) is 0. The van der Waals surface area contributed by atoms with Gasteiger partial charge in [-0.05, 0) is 34.6 Å². The number of rotatable bonds is 1. The quantitative estimate of drug-likeness (QED) is 0.788. The van der Waals surface area contributed by atoms with E-state index in [0.29, 0.717) is 13.1 Å². The lowest BCUT2D eigenvalue weighted by Gasteiger charge is -2.43. The first kappa shape index (κ1) is 15.2. The number of nitrogens with two attached hydrogens (primary N) is 1. The lowest BCUT2D eigenvalue weighted by atomic mass is 9.78. The van der Waals surface area contributed by atoms with E-state index in [9.17, 15) is 9.18 Å². The summed E-state index contributed by atoms with van der Waals surface area (Å²) in [6.45, 7) is 9.54. The highest BCUT2D eigenvalue weighted by Gasteiger charge is 2.46. The van der Waals surface area contributed by atoms with Gasteiger partial charge in [0.15, 0.2) is 0 Å². The molecule has 106 valence electrons. The van der Waals surface area contributed by atoms with Crippen molar-refractivity contribution in [1.82, 2.24) is 4.90 Å². The summed E-state index contributed by atoms with van der Waals surface area (Å²) in [7, 11) is 0. The first-order valence-corrected chi connectivity index (χ1v) is 6.40. The number of likely N-dealkylation sites (tertiary alicyclic amines) is 1. The van der Waals surface area contributed by atoms with Gasteiger partial charge in [-0.25, -0.2) is 9.18 Å². The molecule has 0 unspecified atom stereocenters. The van der Waals surface area contributed by atoms with Crippen LogP contribution in [0.3, 0.4) is 0 Å². The van der Waals surface area contributed by atoms with E-state index < -0.39 is 16.8 Å². The first-order valence-electron chi connectivity index (χ1n) is 6.40. The molecule has 0 radical (unpaired) electrons. The largest absolute Gasteiger partial charge is 0.444 e. The molecule has 1 aliphatic rings. The van der Waals surface area contributed by atoms with Crippen LogP contribution in [-0.2, 0) is 4.74 Å². The van der Waals surface area contributed by atoms with Crippen molar-refractivity contribution in [3.05, 3.63) is 0 Å². The van der Waals surface area contributed by atoms with Crippen molar-refractivity contribution in [2.24, 2.45) is 5.73 Å². The average molecular weight is 260 g/mol. The smallest absolute Gasteiger partial charge is 0.410 e. The Hall–Kier alpha value is -0.840. The van der Waals surface area contributed by atoms with Gasteiger partial charge in [-0.1, -0.05) is 0 Å². The second-order valence-corrected chi connectivity index (χ2v) is 6.65. The van der Waals surface area contributed by atoms with Crippen molar-refractivity contribution in [2.75, 3.05) is 13.1 Å². The maximum absolute atomic E-state index is 14.6. The standard InChI is InChI=1S/C13H25FN2O2/c1-11(2,3)18-10(17)16-8-6-13(14,7-9-16)12(4,5)15/h6-9,15H2,1-5H3. The molecular formula is C13H25FN2O2. The molecule has 1 saturated heterocycles. The molecule has 2 N–H and O–H groups in total. The summed E-state index contributed by atoms with van der Waals surface area (Å²) < 4.78 is 19.8. The number of amides is 1. The first-order chi connectivity index (χ1) is 7.95. The van der Waals surface area contributed by atoms with Crippen molar-refractivity contribution in [2.45, 2.75) is 64.3 Å². The molecule has 1 fully saturated rings. The highest BCUT2D eigenvalue weighted by atomic mass is 19.1. The van der Waals surface area contributed by atoms with Gasteiger partial charge < -0.3 is 15.4 Å². The number of ether oxygens (including phenoxy) is 1. The Kier molecular flexibility index (Phi) is 3.96. The Labute approximate surface area is 109 Å². The van der Waals surface area contributed by atoms with Gasteiger partial charge in [0, 0.05) is 31.5 Å². The molecule has 0 atom stereocenters. The van der Waals surface area contributed by atoms with E-state index in [1.807, 2.05) is 20.8 Å². The van der Waals surface area contributed by atoms with E-state index in [-0.39, 0.29) is 18.9 Å². The molecule has 0 spiro atoms. The van der Waals surface area contributed by atoms with Gasteiger partial charge >= 0.3 is 6.09 Å². The van der Waals surface area contributed by atoms with E-state index in [1.165, 1.54) is 0 Å². The maximum Gasteiger partial charge on any atom is 0.410 e. The fraction of sp³-hybridized carbons (Fsp3) is 0.923. The van der Waals surface area contributed by atoms with Crippen LogP contribution in [0.5, 0.6) is 0 Å². The zero-order chi connectivity index (χ0) is 14.2. The SMILES string of the molecule is CC(C)(C)OC(=O)N1CCC(F)(C(C)(C)N)CC1. The number of hydrogen-bond acceptors (Lipinski definition) is 3. The second-order valence-electron chi connectivity index (χ2n) is 6.65. The molecule has 0 bridgehead atoms. The highest BCUT2D eigenvalue weighted by Crippen LogP contribution is 2.35. The number of halogens is 1. The van der Waals surface area contributed by atoms with Crippen LogP contribution in [0, 0.1) is 0 Å². The fourth-order valence-corrected chi connectivity index (χ4v) is 2.01. The van der Waals surface area contributed by atoms with Crippen LogP contribution in [0.15, 0.2) is 0 Å². The minimum atomic E-state index is -1.41. The summed E-state index contributed by atoms with van der Waals surface area (Å²) in [5, 5.41) is 0. The normalized spacial score (nSPS) is 20.7. The Morgan fingerprint density at radius 1 is 1.22 bits per heavy atom. The van der Waals surface area contributed by atoms with Gasteiger partial charge in [-0.2, -0.15) is 0 Å². The zero-order valence-corrected chi connectivity index (χ0v) is 12.0. The fourth-order valence-electron chi connectivity index (χ4n) is 2.01. The number of nitrogens with zero attached hydrogens (tertiary/aromatic N) is 1. The van der Waals surface area contributed by atoms with Crippen molar-refractivity contribution in [1.29, 1.82) is 0 Å². The van der Waals surface area contributed by atoms with Gasteiger partial charge in [0.25, 0.3) is 0 Å². The third kappa shape index (κ3) is 3.57. The van der Waals surface area contributed by atoms with E-state index >= 15 is 0 Å². The number of carbonyl (C=O) groups is 1. The molecule has 0 aromatic carbocycles. The lowest BCUT2D eigenvalue weighted by Crippen LogP contribution is -2.59. The Bertz CT molecular complexity index is 310. The van der Waals surface area contributed by atoms with Crippen LogP contribution in [0.2, 0.25) is 0 Å². The van der Waals surface area contributed by atoms with E-state index in [4.69, 9.17) is 10.5 Å². The third-order valence-electron chi connectivity index (χ3n) is 3.36. The number of carbonyl (C=O) groups excluding carboxylic acids is 1. The van der Waals surface area contributed by atoms with Crippen molar-refractivity contribution >= 4 is 6.09 Å². The summed E-state index contributed by atoms with van der Waals surface area (Å²) in [6.07, 6.45) is 0.144. The van der Waals surface area contributed by atoms with E-state index in [1.54, 1.807) is 18.7 Å². The molecule has 1 rings (SSSR count). The molecular weight excluding hydrogens is 235 g/mol. The Morgan fingerprint density at radius 3 is 2.00 bits per heavy atom. The molecule has 0 saturated carbocycles. The molecule has 0 aliphatic carbocycles. The lowest BCUT2D eigenvalue weighted by molar-refractivity contribution is -0.0165. The number of alkyl halides is 1. The van der Waals surface area contributed by atoms with Crippen molar-refractivity contribution in [3.8, 4) is 0 Å². The van der Waals surface area contributed by atoms with Crippen LogP contribution in [0.25, 0.3) is 0 Å². The monoisotopic (exact) mass is 260 g/mol. The third-order valence-corrected chi connectivity index (χ3v) is 3.36. The summed E-state index contributed by atoms with van der Waals surface area (Å²) in [5.41, 5.74) is 3.05. The van der Waals surface area contributed by atoms with Crippen molar-refractivity contribution in [3.63, 3.8) is 0 Å². The second kappa shape index (κ2) is 4.68. The highest BCUT2D eigenvalue weighted by molar-refractivity contribution is 5.68. The molecule has 4 nitrogen and oxygen atoms in total. The Balaban J connectivity index is 2.57. The van der Waals surface area contributed by atoms with Gasteiger partial charge in [0.05, 0.1) is 0 Å². The van der Waals surface area contributed by atoms with Gasteiger partial charge in [-0.15, -0.1) is 0 Å². The topological polar surface area (TPSA) is 55.6 Å². The summed E-state index contributed by atoms with van der Waals surface area (Å²) in [4.78, 5) is 13.4. The Morgan fingerprint density at radius 2 is 1.67 bits per heavy atom. The predicted molar refractivity (Wildman–Crippen MR) is 69.1 cm³/mol.